The maximum atomic E-state index is 13.8. The standard InChI is InChI=1S/C35H35FN2O3/c1-25-32-23-28(22-26-8-5-4-6-9-26)13-20-33(32)38(35(25)29-14-16-30(36)17-15-29)24-27-11-18-31(19-12-27)41-21-7-10-34(39)37(2)40-3/h4-6,8-9,11-20,23H,7,10,21-22,24H2,1-3H3. The van der Waals surface area contributed by atoms with E-state index in [1.807, 2.05) is 30.3 Å². The van der Waals surface area contributed by atoms with Gasteiger partial charge in [-0.3, -0.25) is 9.63 Å². The zero-order valence-electron chi connectivity index (χ0n) is 23.8. The number of carbonyl (C=O) groups is 1. The number of amides is 1. The number of hydroxylamine groups is 2. The highest BCUT2D eigenvalue weighted by Gasteiger charge is 2.17. The normalized spacial score (nSPS) is 11.1. The van der Waals surface area contributed by atoms with E-state index >= 15 is 0 Å². The lowest BCUT2D eigenvalue weighted by molar-refractivity contribution is -0.168. The van der Waals surface area contributed by atoms with Crippen LogP contribution in [-0.2, 0) is 22.6 Å². The minimum Gasteiger partial charge on any atom is -0.494 e. The van der Waals surface area contributed by atoms with Crippen LogP contribution in [0.2, 0.25) is 0 Å². The Morgan fingerprint density at radius 3 is 2.29 bits per heavy atom. The van der Waals surface area contributed by atoms with E-state index < -0.39 is 0 Å². The van der Waals surface area contributed by atoms with E-state index in [1.54, 1.807) is 7.05 Å². The SMILES string of the molecule is CON(C)C(=O)CCCOc1ccc(Cn2c(-c3ccc(F)cc3)c(C)c3cc(Cc4ccccc4)ccc32)cc1. The second kappa shape index (κ2) is 12.8. The first-order valence-electron chi connectivity index (χ1n) is 13.9. The Kier molecular flexibility index (Phi) is 8.80. The molecule has 0 saturated heterocycles. The van der Waals surface area contributed by atoms with Crippen LogP contribution < -0.4 is 4.74 Å². The molecule has 0 aliphatic carbocycles. The molecule has 0 saturated carbocycles. The van der Waals surface area contributed by atoms with Gasteiger partial charge in [0, 0.05) is 30.9 Å². The molecule has 41 heavy (non-hydrogen) atoms. The van der Waals surface area contributed by atoms with E-state index in [4.69, 9.17) is 9.57 Å². The molecule has 0 aliphatic rings. The van der Waals surface area contributed by atoms with Gasteiger partial charge in [-0.1, -0.05) is 48.5 Å². The summed E-state index contributed by atoms with van der Waals surface area (Å²) in [6.07, 6.45) is 1.84. The summed E-state index contributed by atoms with van der Waals surface area (Å²) in [7, 11) is 3.07. The molecule has 0 N–H and O–H groups in total. The van der Waals surface area contributed by atoms with E-state index in [2.05, 4.69) is 66.1 Å². The maximum Gasteiger partial charge on any atom is 0.245 e. The van der Waals surface area contributed by atoms with Crippen LogP contribution in [-0.4, -0.2) is 36.3 Å². The maximum absolute atomic E-state index is 13.8. The van der Waals surface area contributed by atoms with E-state index in [9.17, 15) is 9.18 Å². The van der Waals surface area contributed by atoms with Crippen molar-refractivity contribution in [1.82, 2.24) is 9.63 Å². The van der Waals surface area contributed by atoms with Gasteiger partial charge in [-0.25, -0.2) is 9.45 Å². The summed E-state index contributed by atoms with van der Waals surface area (Å²) in [6, 6.07) is 32.0. The zero-order chi connectivity index (χ0) is 28.8. The predicted molar refractivity (Wildman–Crippen MR) is 161 cm³/mol. The lowest BCUT2D eigenvalue weighted by Gasteiger charge is -2.14. The van der Waals surface area contributed by atoms with Crippen LogP contribution in [0.1, 0.15) is 35.1 Å². The van der Waals surface area contributed by atoms with Gasteiger partial charge in [-0.05, 0) is 96.1 Å². The zero-order valence-corrected chi connectivity index (χ0v) is 23.8. The number of aryl methyl sites for hydroxylation is 1. The Morgan fingerprint density at radius 2 is 1.59 bits per heavy atom. The summed E-state index contributed by atoms with van der Waals surface area (Å²) >= 11 is 0. The first-order valence-corrected chi connectivity index (χ1v) is 13.9. The van der Waals surface area contributed by atoms with Crippen molar-refractivity contribution in [3.8, 4) is 17.0 Å². The molecule has 5 nitrogen and oxygen atoms in total. The summed E-state index contributed by atoms with van der Waals surface area (Å²) in [5, 5.41) is 2.43. The number of hydrogen-bond donors (Lipinski definition) is 0. The van der Waals surface area contributed by atoms with Crippen molar-refractivity contribution in [2.45, 2.75) is 32.7 Å². The Hall–Kier alpha value is -4.42. The largest absolute Gasteiger partial charge is 0.494 e. The van der Waals surface area contributed by atoms with Gasteiger partial charge in [0.05, 0.1) is 19.4 Å². The number of carbonyl (C=O) groups excluding carboxylic acids is 1. The summed E-state index contributed by atoms with van der Waals surface area (Å²) in [5.41, 5.74) is 8.05. The van der Waals surface area contributed by atoms with Crippen molar-refractivity contribution in [2.24, 2.45) is 0 Å². The highest BCUT2D eigenvalue weighted by molar-refractivity contribution is 5.92. The van der Waals surface area contributed by atoms with Crippen molar-refractivity contribution < 1.29 is 18.8 Å². The second-order valence-electron chi connectivity index (χ2n) is 10.3. The number of benzene rings is 4. The average molecular weight is 551 g/mol. The number of aromatic nitrogens is 1. The van der Waals surface area contributed by atoms with Gasteiger partial charge >= 0.3 is 0 Å². The quantitative estimate of drug-likeness (QED) is 0.126. The third-order valence-electron chi connectivity index (χ3n) is 7.44. The van der Waals surface area contributed by atoms with Crippen molar-refractivity contribution in [1.29, 1.82) is 0 Å². The topological polar surface area (TPSA) is 43.7 Å². The minimum absolute atomic E-state index is 0.0789. The molecule has 1 aromatic heterocycles. The molecule has 0 atom stereocenters. The number of halogens is 1. The van der Waals surface area contributed by atoms with Gasteiger partial charge in [-0.2, -0.15) is 0 Å². The Morgan fingerprint density at radius 1 is 0.878 bits per heavy atom. The van der Waals surface area contributed by atoms with Crippen LogP contribution in [0, 0.1) is 12.7 Å². The van der Waals surface area contributed by atoms with Crippen LogP contribution in [0.25, 0.3) is 22.2 Å². The molecule has 0 unspecified atom stereocenters. The van der Waals surface area contributed by atoms with Crippen LogP contribution in [0.5, 0.6) is 5.75 Å². The fourth-order valence-corrected chi connectivity index (χ4v) is 5.20. The van der Waals surface area contributed by atoms with E-state index in [1.165, 1.54) is 46.4 Å². The molecule has 0 spiro atoms. The number of rotatable bonds is 11. The molecular formula is C35H35FN2O3. The molecule has 0 bridgehead atoms. The van der Waals surface area contributed by atoms with Crippen molar-refractivity contribution in [3.05, 3.63) is 125 Å². The molecule has 1 amide bonds. The third kappa shape index (κ3) is 6.67. The summed E-state index contributed by atoms with van der Waals surface area (Å²) in [5.74, 6) is 0.439. The highest BCUT2D eigenvalue weighted by atomic mass is 19.1. The van der Waals surface area contributed by atoms with Crippen LogP contribution in [0.4, 0.5) is 4.39 Å². The fraction of sp³-hybridized carbons (Fsp3) is 0.229. The minimum atomic E-state index is -0.245. The third-order valence-corrected chi connectivity index (χ3v) is 7.44. The second-order valence-corrected chi connectivity index (χ2v) is 10.3. The fourth-order valence-electron chi connectivity index (χ4n) is 5.20. The Balaban J connectivity index is 1.39. The number of hydrogen-bond acceptors (Lipinski definition) is 3. The molecular weight excluding hydrogens is 515 g/mol. The number of nitrogens with zero attached hydrogens (tertiary/aromatic N) is 2. The first kappa shape index (κ1) is 28.1. The average Bonchev–Trinajstić information content (AvgIpc) is 3.26. The van der Waals surface area contributed by atoms with E-state index in [-0.39, 0.29) is 11.7 Å². The Labute approximate surface area is 240 Å². The summed E-state index contributed by atoms with van der Waals surface area (Å²) < 4.78 is 22.0. The first-order chi connectivity index (χ1) is 19.9. The monoisotopic (exact) mass is 550 g/mol. The van der Waals surface area contributed by atoms with Gasteiger partial charge < -0.3 is 9.30 Å². The van der Waals surface area contributed by atoms with Gasteiger partial charge in [0.25, 0.3) is 0 Å². The van der Waals surface area contributed by atoms with Crippen LogP contribution >= 0.6 is 0 Å². The predicted octanol–water partition coefficient (Wildman–Crippen LogP) is 7.57. The highest BCUT2D eigenvalue weighted by Crippen LogP contribution is 2.35. The molecule has 0 aliphatic heterocycles. The van der Waals surface area contributed by atoms with Crippen molar-refractivity contribution in [2.75, 3.05) is 20.8 Å². The molecule has 4 aromatic carbocycles. The smallest absolute Gasteiger partial charge is 0.245 e. The lowest BCUT2D eigenvalue weighted by atomic mass is 10.0. The lowest BCUT2D eigenvalue weighted by Crippen LogP contribution is -2.25. The molecule has 210 valence electrons. The number of ether oxygens (including phenoxy) is 1. The van der Waals surface area contributed by atoms with E-state index in [0.717, 1.165) is 34.5 Å². The van der Waals surface area contributed by atoms with Crippen LogP contribution in [0.3, 0.4) is 0 Å². The molecule has 1 heterocycles. The van der Waals surface area contributed by atoms with Gasteiger partial charge in [-0.15, -0.1) is 0 Å². The molecule has 0 fully saturated rings. The Bertz CT molecular complexity index is 1610. The van der Waals surface area contributed by atoms with Crippen LogP contribution in [0.15, 0.2) is 97.1 Å². The van der Waals surface area contributed by atoms with Gasteiger partial charge in [0.15, 0.2) is 0 Å². The van der Waals surface area contributed by atoms with Gasteiger partial charge in [0.1, 0.15) is 11.6 Å². The van der Waals surface area contributed by atoms with Crippen molar-refractivity contribution in [3.63, 3.8) is 0 Å². The molecule has 6 heteroatoms. The molecule has 5 aromatic rings. The van der Waals surface area contributed by atoms with Gasteiger partial charge in [0.2, 0.25) is 5.91 Å². The van der Waals surface area contributed by atoms with Crippen molar-refractivity contribution >= 4 is 16.8 Å². The summed E-state index contributed by atoms with van der Waals surface area (Å²) in [4.78, 5) is 16.8. The molecule has 5 rings (SSSR count). The summed E-state index contributed by atoms with van der Waals surface area (Å²) in [6.45, 7) is 3.26. The van der Waals surface area contributed by atoms with E-state index in [0.29, 0.717) is 26.0 Å². The number of fused-ring (bicyclic) bond motifs is 1. The molecule has 0 radical (unpaired) electrons.